The lowest BCUT2D eigenvalue weighted by Gasteiger charge is -2.38. The second-order valence-electron chi connectivity index (χ2n) is 15.6. The molecule has 2 spiro atoms. The van der Waals surface area contributed by atoms with Crippen LogP contribution in [0, 0.1) is 0 Å². The van der Waals surface area contributed by atoms with Crippen molar-refractivity contribution < 1.29 is 33.9 Å². The highest BCUT2D eigenvalue weighted by molar-refractivity contribution is 6.27. The van der Waals surface area contributed by atoms with Gasteiger partial charge in [0.05, 0.1) is 37.6 Å². The highest BCUT2D eigenvalue weighted by Gasteiger charge is 2.71. The quantitative estimate of drug-likeness (QED) is 0.243. The van der Waals surface area contributed by atoms with Crippen molar-refractivity contribution in [2.24, 2.45) is 0 Å². The number of imide groups is 2. The number of para-hydroxylation sites is 1. The summed E-state index contributed by atoms with van der Waals surface area (Å²) in [7, 11) is 0. The SMILES string of the molecule is O=C1C2CC3(CN2C(=O)C2CC4(CN12)C(=O)N(c1ccccc1)C(=O)N4Cc1cccnc1)C(=O)N(c1cccc2ccccc12)C(=O)N3Cc1ccccc1CO. The number of anilines is 2. The van der Waals surface area contributed by atoms with Gasteiger partial charge in [0, 0.05) is 37.2 Å². The number of fused-ring (bicyclic) bond motifs is 3. The van der Waals surface area contributed by atoms with Gasteiger partial charge >= 0.3 is 12.1 Å². The van der Waals surface area contributed by atoms with Gasteiger partial charge in [0.25, 0.3) is 11.8 Å². The van der Waals surface area contributed by atoms with Gasteiger partial charge in [0.1, 0.15) is 23.2 Å². The summed E-state index contributed by atoms with van der Waals surface area (Å²) < 4.78 is 0. The first-order valence-corrected chi connectivity index (χ1v) is 19.2. The van der Waals surface area contributed by atoms with E-state index in [-0.39, 0.29) is 45.6 Å². The molecule has 14 nitrogen and oxygen atoms in total. The fourth-order valence-electron chi connectivity index (χ4n) is 9.76. The lowest BCUT2D eigenvalue weighted by atomic mass is 9.92. The lowest BCUT2D eigenvalue weighted by molar-refractivity contribution is -0.157. The number of urea groups is 2. The van der Waals surface area contributed by atoms with E-state index in [4.69, 9.17) is 0 Å². The molecule has 5 aromatic rings. The zero-order chi connectivity index (χ0) is 39.9. The van der Waals surface area contributed by atoms with Gasteiger partial charge in [-0.1, -0.05) is 84.9 Å². The van der Waals surface area contributed by atoms with Crippen LogP contribution >= 0.6 is 0 Å². The fourth-order valence-corrected chi connectivity index (χ4v) is 9.76. The molecule has 1 N–H and O–H groups in total. The van der Waals surface area contributed by atoms with E-state index in [0.717, 1.165) is 15.2 Å². The van der Waals surface area contributed by atoms with Gasteiger partial charge in [-0.05, 0) is 46.3 Å². The Morgan fingerprint density at radius 2 is 1.19 bits per heavy atom. The number of hydrogen-bond acceptors (Lipinski definition) is 8. The molecule has 0 saturated carbocycles. The largest absolute Gasteiger partial charge is 0.392 e. The summed E-state index contributed by atoms with van der Waals surface area (Å²) in [5.74, 6) is -2.01. The van der Waals surface area contributed by atoms with Crippen molar-refractivity contribution in [3.8, 4) is 0 Å². The van der Waals surface area contributed by atoms with Gasteiger partial charge in [0.15, 0.2) is 0 Å². The number of aliphatic hydroxyl groups excluding tert-OH is 1. The Morgan fingerprint density at radius 1 is 0.603 bits per heavy atom. The minimum atomic E-state index is -1.63. The molecule has 4 atom stereocenters. The molecule has 4 unspecified atom stereocenters. The topological polar surface area (TPSA) is 155 Å². The number of hydrogen-bond donors (Lipinski definition) is 1. The Kier molecular flexibility index (Phi) is 7.99. The van der Waals surface area contributed by atoms with E-state index < -0.39 is 58.9 Å². The Morgan fingerprint density at radius 3 is 1.86 bits per heavy atom. The summed E-state index contributed by atoms with van der Waals surface area (Å²) in [5.41, 5.74) is -0.551. The van der Waals surface area contributed by atoms with E-state index in [1.54, 1.807) is 91.3 Å². The molecular weight excluding hydrogens is 739 g/mol. The van der Waals surface area contributed by atoms with Crippen LogP contribution in [-0.4, -0.2) is 102 Å². The van der Waals surface area contributed by atoms with E-state index in [0.29, 0.717) is 33.5 Å². The molecule has 6 heterocycles. The zero-order valence-electron chi connectivity index (χ0n) is 31.2. The van der Waals surface area contributed by atoms with Crippen LogP contribution in [0.4, 0.5) is 21.0 Å². The van der Waals surface area contributed by atoms with Gasteiger partial charge in [0.2, 0.25) is 11.8 Å². The summed E-state index contributed by atoms with van der Waals surface area (Å²) in [5, 5.41) is 11.7. The van der Waals surface area contributed by atoms with Crippen molar-refractivity contribution in [2.45, 2.75) is 55.7 Å². The van der Waals surface area contributed by atoms with Crippen LogP contribution in [0.2, 0.25) is 0 Å². The molecule has 8 amide bonds. The summed E-state index contributed by atoms with van der Waals surface area (Å²) in [6.07, 6.45) is 2.89. The van der Waals surface area contributed by atoms with Gasteiger partial charge in [-0.2, -0.15) is 0 Å². The van der Waals surface area contributed by atoms with Crippen molar-refractivity contribution in [2.75, 3.05) is 22.9 Å². The molecule has 290 valence electrons. The fraction of sp³-hybridized carbons (Fsp3) is 0.250. The lowest BCUT2D eigenvalue weighted by Crippen LogP contribution is -2.60. The number of aliphatic hydroxyl groups is 1. The van der Waals surface area contributed by atoms with Crippen LogP contribution in [-0.2, 0) is 38.9 Å². The number of carbonyl (C=O) groups excluding carboxylic acids is 6. The van der Waals surface area contributed by atoms with Crippen molar-refractivity contribution in [1.29, 1.82) is 0 Å². The molecule has 4 aromatic carbocycles. The van der Waals surface area contributed by atoms with Crippen molar-refractivity contribution >= 4 is 57.8 Å². The highest BCUT2D eigenvalue weighted by Crippen LogP contribution is 2.49. The molecule has 0 radical (unpaired) electrons. The Hall–Kier alpha value is -6.93. The number of carbonyl (C=O) groups is 6. The molecule has 14 heteroatoms. The Bertz CT molecular complexity index is 2530. The minimum absolute atomic E-state index is 0.0197. The number of amides is 8. The minimum Gasteiger partial charge on any atom is -0.392 e. The van der Waals surface area contributed by atoms with Crippen LogP contribution in [0.1, 0.15) is 29.5 Å². The predicted octanol–water partition coefficient (Wildman–Crippen LogP) is 4.06. The first-order valence-electron chi connectivity index (χ1n) is 19.2. The van der Waals surface area contributed by atoms with Crippen LogP contribution in [0.15, 0.2) is 122 Å². The monoisotopic (exact) mass is 775 g/mol. The molecule has 5 fully saturated rings. The van der Waals surface area contributed by atoms with E-state index in [1.807, 2.05) is 30.3 Å². The van der Waals surface area contributed by atoms with Crippen LogP contribution in [0.3, 0.4) is 0 Å². The van der Waals surface area contributed by atoms with Crippen molar-refractivity contribution in [1.82, 2.24) is 24.6 Å². The molecule has 0 aliphatic carbocycles. The van der Waals surface area contributed by atoms with E-state index in [9.17, 15) is 29.1 Å². The zero-order valence-corrected chi connectivity index (χ0v) is 31.2. The van der Waals surface area contributed by atoms with Crippen LogP contribution < -0.4 is 9.80 Å². The average molecular weight is 776 g/mol. The summed E-state index contributed by atoms with van der Waals surface area (Å²) in [6.45, 7) is -0.814. The molecule has 1 aromatic heterocycles. The van der Waals surface area contributed by atoms with E-state index in [2.05, 4.69) is 4.98 Å². The number of aromatic nitrogens is 1. The Labute approximate surface area is 332 Å². The van der Waals surface area contributed by atoms with Gasteiger partial charge < -0.3 is 24.7 Å². The third kappa shape index (κ3) is 4.97. The van der Waals surface area contributed by atoms with Crippen LogP contribution in [0.25, 0.3) is 10.8 Å². The molecule has 5 saturated heterocycles. The van der Waals surface area contributed by atoms with E-state index in [1.165, 1.54) is 19.6 Å². The number of pyridine rings is 1. The molecule has 10 rings (SSSR count). The van der Waals surface area contributed by atoms with Crippen molar-refractivity contribution in [3.63, 3.8) is 0 Å². The molecule has 58 heavy (non-hydrogen) atoms. The summed E-state index contributed by atoms with van der Waals surface area (Å²) in [6, 6.07) is 28.6. The maximum Gasteiger partial charge on any atom is 0.332 e. The standard InChI is InChI=1S/C44H37N7O7/c52-25-31-13-5-4-12-30(31)24-49-42(58)51(34-18-8-14-29-11-6-7-17-33(29)34)40(56)44(49)21-36-38(54)46-26-43(20-35(46)37(53)47(36)27-44)39(55)50(32-15-2-1-3-16-32)41(57)48(43)23-28-10-9-19-45-22-28/h1-19,22,35-36,52H,20-21,23-27H2. The number of benzene rings is 4. The third-order valence-corrected chi connectivity index (χ3v) is 12.6. The van der Waals surface area contributed by atoms with Gasteiger partial charge in [-0.3, -0.25) is 24.2 Å². The second-order valence-corrected chi connectivity index (χ2v) is 15.6. The third-order valence-electron chi connectivity index (χ3n) is 12.6. The summed E-state index contributed by atoms with van der Waals surface area (Å²) >= 11 is 0. The number of rotatable bonds is 7. The van der Waals surface area contributed by atoms with Crippen LogP contribution in [0.5, 0.6) is 0 Å². The highest BCUT2D eigenvalue weighted by atomic mass is 16.3. The number of nitrogens with zero attached hydrogens (tertiary/aromatic N) is 7. The first kappa shape index (κ1) is 35.5. The summed E-state index contributed by atoms with van der Waals surface area (Å²) in [4.78, 5) is 101. The predicted molar refractivity (Wildman–Crippen MR) is 210 cm³/mol. The molecule has 5 aliphatic rings. The molecule has 5 aliphatic heterocycles. The van der Waals surface area contributed by atoms with E-state index >= 15 is 4.79 Å². The Balaban J connectivity index is 1.03. The number of piperazine rings is 1. The maximum atomic E-state index is 15.1. The molecule has 0 bridgehead atoms. The normalized spacial score (nSPS) is 25.4. The maximum absolute atomic E-state index is 15.1. The second kappa shape index (κ2) is 13.1. The van der Waals surface area contributed by atoms with Gasteiger partial charge in [-0.25, -0.2) is 19.4 Å². The first-order chi connectivity index (χ1) is 28.2. The van der Waals surface area contributed by atoms with Gasteiger partial charge in [-0.15, -0.1) is 0 Å². The average Bonchev–Trinajstić information content (AvgIpc) is 3.96. The molecular formula is C44H37N7O7. The smallest absolute Gasteiger partial charge is 0.332 e. The van der Waals surface area contributed by atoms with Crippen molar-refractivity contribution in [3.05, 3.63) is 138 Å².